The predicted octanol–water partition coefficient (Wildman–Crippen LogP) is 3.52. The summed E-state index contributed by atoms with van der Waals surface area (Å²) in [4.78, 5) is 3.93. The van der Waals surface area contributed by atoms with Gasteiger partial charge in [0.15, 0.2) is 0 Å². The Morgan fingerprint density at radius 1 is 1.16 bits per heavy atom. The zero-order valence-corrected chi connectivity index (χ0v) is 11.0. The Balaban J connectivity index is 2.08. The Morgan fingerprint density at radius 2 is 1.84 bits per heavy atom. The molecule has 0 radical (unpaired) electrons. The van der Waals surface area contributed by atoms with Gasteiger partial charge in [0.05, 0.1) is 0 Å². The Morgan fingerprint density at radius 3 is 2.53 bits per heavy atom. The van der Waals surface area contributed by atoms with Crippen molar-refractivity contribution < 1.29 is 8.78 Å². The maximum Gasteiger partial charge on any atom is 0.128 e. The molecular weight excluding hydrogens is 246 g/mol. The Hall–Kier alpha value is -1.81. The minimum Gasteiger partial charge on any atom is -0.306 e. The first-order valence-corrected chi connectivity index (χ1v) is 6.15. The van der Waals surface area contributed by atoms with E-state index in [1.54, 1.807) is 19.3 Å². The van der Waals surface area contributed by atoms with Crippen LogP contribution in [0.25, 0.3) is 0 Å². The van der Waals surface area contributed by atoms with Crippen molar-refractivity contribution in [3.63, 3.8) is 0 Å². The highest BCUT2D eigenvalue weighted by Gasteiger charge is 2.13. The Bertz CT molecular complexity index is 556. The van der Waals surface area contributed by atoms with Crippen LogP contribution in [0.1, 0.15) is 29.7 Å². The lowest BCUT2D eigenvalue weighted by molar-refractivity contribution is 0.516. The zero-order chi connectivity index (χ0) is 13.8. The molecule has 2 nitrogen and oxygen atoms in total. The molecule has 1 atom stereocenters. The standard InChI is InChI=1S/C15H16F2N2/c1-10-7-15(17)13(8-14(10)16)11(2)19-9-12-3-5-18-6-4-12/h3-8,11,19H,9H2,1-2H3. The summed E-state index contributed by atoms with van der Waals surface area (Å²) < 4.78 is 27.3. The maximum absolute atomic E-state index is 13.8. The second-order valence-electron chi connectivity index (χ2n) is 4.58. The van der Waals surface area contributed by atoms with Crippen LogP contribution in [0.15, 0.2) is 36.7 Å². The molecular formula is C15H16F2N2. The second kappa shape index (κ2) is 5.89. The van der Waals surface area contributed by atoms with Crippen LogP contribution in [0, 0.1) is 18.6 Å². The van der Waals surface area contributed by atoms with Gasteiger partial charge in [-0.1, -0.05) is 0 Å². The number of rotatable bonds is 4. The van der Waals surface area contributed by atoms with Crippen LogP contribution >= 0.6 is 0 Å². The van der Waals surface area contributed by atoms with E-state index in [9.17, 15) is 8.78 Å². The van der Waals surface area contributed by atoms with Crippen LogP contribution in [-0.4, -0.2) is 4.98 Å². The fourth-order valence-electron chi connectivity index (χ4n) is 1.88. The van der Waals surface area contributed by atoms with Crippen LogP contribution in [-0.2, 0) is 6.54 Å². The van der Waals surface area contributed by atoms with Crippen molar-refractivity contribution in [2.75, 3.05) is 0 Å². The summed E-state index contributed by atoms with van der Waals surface area (Å²) in [6, 6.07) is 5.99. The molecule has 1 N–H and O–H groups in total. The summed E-state index contributed by atoms with van der Waals surface area (Å²) in [7, 11) is 0. The third-order valence-corrected chi connectivity index (χ3v) is 3.11. The van der Waals surface area contributed by atoms with Crippen molar-refractivity contribution in [2.45, 2.75) is 26.4 Å². The molecule has 1 unspecified atom stereocenters. The van der Waals surface area contributed by atoms with Gasteiger partial charge in [-0.05, 0) is 49.2 Å². The number of hydrogen-bond donors (Lipinski definition) is 1. The van der Waals surface area contributed by atoms with E-state index in [0.29, 0.717) is 17.7 Å². The van der Waals surface area contributed by atoms with E-state index in [2.05, 4.69) is 10.3 Å². The summed E-state index contributed by atoms with van der Waals surface area (Å²) in [6.45, 7) is 3.95. The first kappa shape index (κ1) is 13.6. The molecule has 0 aliphatic rings. The van der Waals surface area contributed by atoms with Crippen LogP contribution in [0.5, 0.6) is 0 Å². The van der Waals surface area contributed by atoms with E-state index in [0.717, 1.165) is 5.56 Å². The fraction of sp³-hybridized carbons (Fsp3) is 0.267. The molecule has 0 aliphatic carbocycles. The topological polar surface area (TPSA) is 24.9 Å². The highest BCUT2D eigenvalue weighted by Crippen LogP contribution is 2.20. The first-order chi connectivity index (χ1) is 9.08. The summed E-state index contributed by atoms with van der Waals surface area (Å²) in [5, 5.41) is 3.17. The van der Waals surface area contributed by atoms with Crippen molar-refractivity contribution in [1.82, 2.24) is 10.3 Å². The van der Waals surface area contributed by atoms with Crippen LogP contribution in [0.2, 0.25) is 0 Å². The van der Waals surface area contributed by atoms with Crippen molar-refractivity contribution in [1.29, 1.82) is 0 Å². The number of halogens is 2. The summed E-state index contributed by atoms with van der Waals surface area (Å²) in [6.07, 6.45) is 3.40. The van der Waals surface area contributed by atoms with Gasteiger partial charge in [0.1, 0.15) is 11.6 Å². The molecule has 1 aromatic heterocycles. The third-order valence-electron chi connectivity index (χ3n) is 3.11. The number of nitrogens with zero attached hydrogens (tertiary/aromatic N) is 1. The molecule has 19 heavy (non-hydrogen) atoms. The number of hydrogen-bond acceptors (Lipinski definition) is 2. The average Bonchev–Trinajstić information content (AvgIpc) is 2.41. The van der Waals surface area contributed by atoms with Gasteiger partial charge in [-0.2, -0.15) is 0 Å². The van der Waals surface area contributed by atoms with E-state index < -0.39 is 0 Å². The van der Waals surface area contributed by atoms with Gasteiger partial charge < -0.3 is 5.32 Å². The SMILES string of the molecule is Cc1cc(F)c(C(C)NCc2ccncc2)cc1F. The largest absolute Gasteiger partial charge is 0.306 e. The van der Waals surface area contributed by atoms with Gasteiger partial charge in [0.25, 0.3) is 0 Å². The normalized spacial score (nSPS) is 12.4. The molecule has 2 rings (SSSR count). The molecule has 0 saturated heterocycles. The van der Waals surface area contributed by atoms with Crippen molar-refractivity contribution >= 4 is 0 Å². The van der Waals surface area contributed by atoms with Crippen LogP contribution < -0.4 is 5.32 Å². The summed E-state index contributed by atoms with van der Waals surface area (Å²) in [5.74, 6) is -0.761. The molecule has 4 heteroatoms. The number of nitrogens with one attached hydrogen (secondary N) is 1. The lowest BCUT2D eigenvalue weighted by atomic mass is 10.0. The molecule has 100 valence electrons. The molecule has 1 aromatic carbocycles. The van der Waals surface area contributed by atoms with Gasteiger partial charge in [-0.25, -0.2) is 8.78 Å². The molecule has 0 fully saturated rings. The monoisotopic (exact) mass is 262 g/mol. The van der Waals surface area contributed by atoms with E-state index in [1.807, 2.05) is 19.1 Å². The molecule has 0 spiro atoms. The van der Waals surface area contributed by atoms with Crippen molar-refractivity contribution in [3.8, 4) is 0 Å². The molecule has 0 bridgehead atoms. The van der Waals surface area contributed by atoms with Crippen LogP contribution in [0.4, 0.5) is 8.78 Å². The minimum absolute atomic E-state index is 0.261. The van der Waals surface area contributed by atoms with Gasteiger partial charge in [0, 0.05) is 30.5 Å². The van der Waals surface area contributed by atoms with E-state index >= 15 is 0 Å². The first-order valence-electron chi connectivity index (χ1n) is 6.15. The molecule has 0 amide bonds. The zero-order valence-electron chi connectivity index (χ0n) is 11.0. The second-order valence-corrected chi connectivity index (χ2v) is 4.58. The van der Waals surface area contributed by atoms with Gasteiger partial charge >= 0.3 is 0 Å². The maximum atomic E-state index is 13.8. The summed E-state index contributed by atoms with van der Waals surface area (Å²) in [5.41, 5.74) is 1.72. The smallest absolute Gasteiger partial charge is 0.128 e. The minimum atomic E-state index is -0.381. The predicted molar refractivity (Wildman–Crippen MR) is 70.6 cm³/mol. The average molecular weight is 262 g/mol. The molecule has 0 saturated carbocycles. The molecule has 1 heterocycles. The number of aryl methyl sites for hydroxylation is 1. The van der Waals surface area contributed by atoms with Crippen molar-refractivity contribution in [3.05, 3.63) is 65.0 Å². The van der Waals surface area contributed by atoms with E-state index in [1.165, 1.54) is 12.1 Å². The van der Waals surface area contributed by atoms with Crippen LogP contribution in [0.3, 0.4) is 0 Å². The molecule has 2 aromatic rings. The van der Waals surface area contributed by atoms with Gasteiger partial charge in [-0.3, -0.25) is 4.98 Å². The van der Waals surface area contributed by atoms with Gasteiger partial charge in [-0.15, -0.1) is 0 Å². The highest BCUT2D eigenvalue weighted by molar-refractivity contribution is 5.27. The Kier molecular flexibility index (Phi) is 4.22. The lowest BCUT2D eigenvalue weighted by Gasteiger charge is -2.16. The van der Waals surface area contributed by atoms with Crippen molar-refractivity contribution in [2.24, 2.45) is 0 Å². The molecule has 0 aliphatic heterocycles. The van der Waals surface area contributed by atoms with Gasteiger partial charge in [0.2, 0.25) is 0 Å². The lowest BCUT2D eigenvalue weighted by Crippen LogP contribution is -2.19. The Labute approximate surface area is 111 Å². The number of benzene rings is 1. The fourth-order valence-corrected chi connectivity index (χ4v) is 1.88. The number of aromatic nitrogens is 1. The van der Waals surface area contributed by atoms with E-state index in [-0.39, 0.29) is 17.7 Å². The summed E-state index contributed by atoms with van der Waals surface area (Å²) >= 11 is 0. The number of pyridine rings is 1. The quantitative estimate of drug-likeness (QED) is 0.912. The van der Waals surface area contributed by atoms with E-state index in [4.69, 9.17) is 0 Å². The third kappa shape index (κ3) is 3.35. The highest BCUT2D eigenvalue weighted by atomic mass is 19.1.